The Kier molecular flexibility index (Phi) is 6.24. The first kappa shape index (κ1) is 23.9. The van der Waals surface area contributed by atoms with E-state index in [0.29, 0.717) is 33.2 Å². The molecule has 9 nitrogen and oxygen atoms in total. The van der Waals surface area contributed by atoms with Gasteiger partial charge in [-0.3, -0.25) is 19.6 Å². The van der Waals surface area contributed by atoms with E-state index >= 15 is 0 Å². The molecule has 0 unspecified atom stereocenters. The van der Waals surface area contributed by atoms with Crippen LogP contribution >= 0.6 is 11.6 Å². The molecule has 1 fully saturated rings. The molecule has 0 aliphatic carbocycles. The number of aromatic nitrogens is 2. The Bertz CT molecular complexity index is 1620. The van der Waals surface area contributed by atoms with Gasteiger partial charge in [-0.05, 0) is 48.0 Å². The maximum atomic E-state index is 13.6. The first-order chi connectivity index (χ1) is 17.8. The van der Waals surface area contributed by atoms with Crippen LogP contribution < -0.4 is 16.1 Å². The van der Waals surface area contributed by atoms with Crippen LogP contribution in [-0.4, -0.2) is 26.6 Å². The standard InChI is InChI=1S/C26H17ClFN5O4/c27-17-6-4-16(5-7-17)23-21(24(34)33(30-23)20-10-8-19(31-37)9-11-20)13-22-25(35)32(26(36)29-22)14-15-2-1-3-18(28)12-15/h1-13,30H,14H2,(H,29,36)/p+1/b22-13-. The lowest BCUT2D eigenvalue weighted by Crippen LogP contribution is -2.55. The quantitative estimate of drug-likeness (QED) is 0.268. The molecule has 0 bridgehead atoms. The van der Waals surface area contributed by atoms with E-state index in [1.165, 1.54) is 41.1 Å². The minimum Gasteiger partial charge on any atom is -0.303 e. The van der Waals surface area contributed by atoms with Crippen molar-refractivity contribution in [3.8, 4) is 16.9 Å². The molecule has 3 N–H and O–H groups in total. The van der Waals surface area contributed by atoms with E-state index in [2.05, 4.69) is 10.4 Å². The number of hydrogen-bond donors (Lipinski definition) is 3. The number of carbonyl (C=O) groups is 2. The zero-order chi connectivity index (χ0) is 26.1. The number of amides is 3. The lowest BCUT2D eigenvalue weighted by molar-refractivity contribution is -0.379. The highest BCUT2D eigenvalue weighted by Crippen LogP contribution is 2.26. The second-order valence-electron chi connectivity index (χ2n) is 8.21. The van der Waals surface area contributed by atoms with E-state index in [0.717, 1.165) is 4.90 Å². The highest BCUT2D eigenvalue weighted by atomic mass is 35.5. The molecule has 1 aliphatic rings. The van der Waals surface area contributed by atoms with Crippen molar-refractivity contribution in [1.82, 2.24) is 20.0 Å². The zero-order valence-corrected chi connectivity index (χ0v) is 19.8. The number of nitrogens with one attached hydrogen (secondary N) is 3. The van der Waals surface area contributed by atoms with Gasteiger partial charge < -0.3 is 5.32 Å². The van der Waals surface area contributed by atoms with E-state index in [4.69, 9.17) is 11.6 Å². The number of carbonyl (C=O) groups excluding carboxylic acids is 2. The van der Waals surface area contributed by atoms with Crippen LogP contribution in [0.25, 0.3) is 23.0 Å². The average Bonchev–Trinajstić information content (AvgIpc) is 3.35. The highest BCUT2D eigenvalue weighted by molar-refractivity contribution is 6.30. The lowest BCUT2D eigenvalue weighted by atomic mass is 10.1. The van der Waals surface area contributed by atoms with Crippen molar-refractivity contribution >= 4 is 35.3 Å². The van der Waals surface area contributed by atoms with Crippen LogP contribution in [0.4, 0.5) is 14.9 Å². The van der Waals surface area contributed by atoms with E-state index in [9.17, 15) is 23.7 Å². The van der Waals surface area contributed by atoms with Gasteiger partial charge in [0.25, 0.3) is 17.2 Å². The van der Waals surface area contributed by atoms with Crippen LogP contribution in [-0.2, 0) is 11.3 Å². The third-order valence-electron chi connectivity index (χ3n) is 5.78. The molecular weight excluding hydrogens is 501 g/mol. The van der Waals surface area contributed by atoms with Crippen molar-refractivity contribution < 1.29 is 19.2 Å². The van der Waals surface area contributed by atoms with Crippen molar-refractivity contribution in [2.75, 3.05) is 0 Å². The van der Waals surface area contributed by atoms with Gasteiger partial charge in [-0.2, -0.15) is 0 Å². The summed E-state index contributed by atoms with van der Waals surface area (Å²) in [5.41, 5.74) is 1.71. The van der Waals surface area contributed by atoms with E-state index in [1.54, 1.807) is 47.6 Å². The third kappa shape index (κ3) is 4.69. The summed E-state index contributed by atoms with van der Waals surface area (Å²) < 4.78 is 14.8. The third-order valence-corrected chi connectivity index (χ3v) is 6.04. The maximum Gasteiger partial charge on any atom is 0.329 e. The van der Waals surface area contributed by atoms with Crippen LogP contribution in [0.1, 0.15) is 11.1 Å². The molecule has 0 spiro atoms. The Morgan fingerprint density at radius 1 is 0.973 bits per heavy atom. The molecule has 3 amide bonds. The van der Waals surface area contributed by atoms with Gasteiger partial charge in [0.15, 0.2) is 0 Å². The van der Waals surface area contributed by atoms with Gasteiger partial charge in [-0.15, -0.1) is 0 Å². The minimum absolute atomic E-state index is 0.106. The number of benzene rings is 3. The Morgan fingerprint density at radius 2 is 1.70 bits per heavy atom. The van der Waals surface area contributed by atoms with E-state index in [-0.39, 0.29) is 17.8 Å². The fourth-order valence-electron chi connectivity index (χ4n) is 3.96. The van der Waals surface area contributed by atoms with E-state index in [1.807, 2.05) is 0 Å². The Morgan fingerprint density at radius 3 is 2.38 bits per heavy atom. The van der Waals surface area contributed by atoms with Gasteiger partial charge in [0.05, 0.1) is 23.5 Å². The molecule has 0 radical (unpaired) electrons. The molecule has 1 saturated heterocycles. The van der Waals surface area contributed by atoms with Crippen LogP contribution in [0.2, 0.25) is 5.02 Å². The molecule has 37 heavy (non-hydrogen) atoms. The Labute approximate surface area is 213 Å². The molecule has 184 valence electrons. The van der Waals surface area contributed by atoms with Gasteiger partial charge in [-0.1, -0.05) is 35.9 Å². The molecular formula is C26H18ClFN5O4+. The van der Waals surface area contributed by atoms with Crippen LogP contribution in [0.3, 0.4) is 0 Å². The summed E-state index contributed by atoms with van der Waals surface area (Å²) in [4.78, 5) is 50.9. The number of urea groups is 1. The van der Waals surface area contributed by atoms with Gasteiger partial charge in [0, 0.05) is 32.8 Å². The monoisotopic (exact) mass is 518 g/mol. The Hall–Kier alpha value is -4.83. The molecule has 1 aliphatic heterocycles. The summed E-state index contributed by atoms with van der Waals surface area (Å²) in [6.45, 7) is -0.138. The largest absolute Gasteiger partial charge is 0.329 e. The average molecular weight is 519 g/mol. The number of hydrogen-bond acceptors (Lipinski definition) is 4. The summed E-state index contributed by atoms with van der Waals surface area (Å²) >= 11 is 6.02. The molecule has 5 rings (SSSR count). The lowest BCUT2D eigenvalue weighted by Gasteiger charge is -2.11. The predicted octanol–water partition coefficient (Wildman–Crippen LogP) is 3.20. The molecule has 2 heterocycles. The molecule has 1 aromatic heterocycles. The number of H-pyrrole nitrogens is 1. The summed E-state index contributed by atoms with van der Waals surface area (Å²) in [6.07, 6.45) is 1.30. The summed E-state index contributed by atoms with van der Waals surface area (Å²) in [6, 6.07) is 17.8. The van der Waals surface area contributed by atoms with Crippen molar-refractivity contribution in [2.45, 2.75) is 6.54 Å². The number of nitroso groups, excluding NO2 is 1. The summed E-state index contributed by atoms with van der Waals surface area (Å²) in [5.74, 6) is -1.14. The first-order valence-electron chi connectivity index (χ1n) is 11.0. The van der Waals surface area contributed by atoms with Crippen LogP contribution in [0, 0.1) is 10.7 Å². The summed E-state index contributed by atoms with van der Waals surface area (Å²) in [5, 5.41) is 7.80. The van der Waals surface area contributed by atoms with Crippen molar-refractivity contribution in [3.63, 3.8) is 0 Å². The number of rotatable bonds is 6. The molecule has 4 aromatic rings. The molecule has 3 aromatic carbocycles. The van der Waals surface area contributed by atoms with Gasteiger partial charge in [0.1, 0.15) is 11.5 Å². The molecule has 0 saturated carbocycles. The molecule has 0 atom stereocenters. The summed E-state index contributed by atoms with van der Waals surface area (Å²) in [7, 11) is 0. The van der Waals surface area contributed by atoms with Gasteiger partial charge in [-0.25, -0.2) is 13.9 Å². The van der Waals surface area contributed by atoms with Crippen molar-refractivity contribution in [3.05, 3.63) is 116 Å². The number of imide groups is 1. The Balaban J connectivity index is 1.57. The normalized spacial score (nSPS) is 14.3. The second-order valence-corrected chi connectivity index (χ2v) is 8.64. The first-order valence-corrected chi connectivity index (χ1v) is 11.4. The van der Waals surface area contributed by atoms with Crippen molar-refractivity contribution in [1.29, 1.82) is 0 Å². The molecule has 11 heteroatoms. The topological polar surface area (TPSA) is 118 Å². The fraction of sp³-hybridized carbons (Fsp3) is 0.0385. The maximum absolute atomic E-state index is 13.6. The van der Waals surface area contributed by atoms with Crippen LogP contribution in [0.15, 0.2) is 83.3 Å². The van der Waals surface area contributed by atoms with Gasteiger partial charge in [0.2, 0.25) is 0 Å². The highest BCUT2D eigenvalue weighted by Gasteiger charge is 2.34. The number of nitrogens with zero attached hydrogens (tertiary/aromatic N) is 2. The number of halogens is 2. The zero-order valence-electron chi connectivity index (χ0n) is 19.0. The van der Waals surface area contributed by atoms with E-state index < -0.39 is 23.3 Å². The minimum atomic E-state index is -0.690. The fourth-order valence-corrected chi connectivity index (χ4v) is 4.08. The van der Waals surface area contributed by atoms with Gasteiger partial charge >= 0.3 is 6.03 Å². The SMILES string of the molecule is O=[NH+]c1ccc(-n2[nH]c(-c3ccc(Cl)cc3)c(/C=C3\NC(=O)N(Cc4cccc(F)c4)C3=O)c2=O)cc1. The number of aromatic amines is 1. The van der Waals surface area contributed by atoms with Crippen molar-refractivity contribution in [2.24, 2.45) is 0 Å². The van der Waals surface area contributed by atoms with Crippen LogP contribution in [0.5, 0.6) is 0 Å². The smallest absolute Gasteiger partial charge is 0.303 e. The predicted molar refractivity (Wildman–Crippen MR) is 134 cm³/mol. The second kappa shape index (κ2) is 9.67.